The Balaban J connectivity index is 1.35. The molecule has 0 amide bonds. The summed E-state index contributed by atoms with van der Waals surface area (Å²) in [6.07, 6.45) is -5.79. The van der Waals surface area contributed by atoms with Crippen LogP contribution in [0.2, 0.25) is 0 Å². The largest absolute Gasteiger partial charge is 0.493 e. The Kier molecular flexibility index (Phi) is 7.34. The molecule has 2 heterocycles. The highest BCUT2D eigenvalue weighted by Crippen LogP contribution is 2.39. The summed E-state index contributed by atoms with van der Waals surface area (Å²) in [5.41, 5.74) is -0.784. The molecule has 1 aliphatic rings. The van der Waals surface area contributed by atoms with E-state index in [0.29, 0.717) is 30.7 Å². The molecule has 1 N–H and O–H groups in total. The number of aromatic nitrogens is 2. The standard InChI is InChI=1S/C24H23F6N3O2/c25-23(26,27)17-9-6-15(7-10-17)4-1-2-13-34-20-11-8-16(14-18(20)24(28,29)30)21-32-22(35-33-21)19-5-3-12-31-19/h6-11,14,19,31H,1-5,12-13H2. The number of alkyl halides is 6. The topological polar surface area (TPSA) is 60.2 Å². The summed E-state index contributed by atoms with van der Waals surface area (Å²) >= 11 is 0. The van der Waals surface area contributed by atoms with Crippen molar-refractivity contribution in [3.63, 3.8) is 0 Å². The second kappa shape index (κ2) is 10.3. The maximum absolute atomic E-state index is 13.7. The minimum absolute atomic E-state index is 0.0305. The van der Waals surface area contributed by atoms with E-state index in [1.807, 2.05) is 0 Å². The molecular formula is C24H23F6N3O2. The molecule has 3 aromatic rings. The summed E-state index contributed by atoms with van der Waals surface area (Å²) in [6, 6.07) is 8.35. The molecule has 35 heavy (non-hydrogen) atoms. The van der Waals surface area contributed by atoms with E-state index in [2.05, 4.69) is 15.5 Å². The number of hydrogen-bond donors (Lipinski definition) is 1. The summed E-state index contributed by atoms with van der Waals surface area (Å²) < 4.78 is 89.5. The quantitative estimate of drug-likeness (QED) is 0.280. The molecule has 0 saturated carbocycles. The lowest BCUT2D eigenvalue weighted by Crippen LogP contribution is -2.13. The molecule has 0 aliphatic carbocycles. The van der Waals surface area contributed by atoms with Crippen LogP contribution in [0.3, 0.4) is 0 Å². The molecule has 4 rings (SSSR count). The van der Waals surface area contributed by atoms with E-state index in [9.17, 15) is 26.3 Å². The molecular weight excluding hydrogens is 476 g/mol. The number of hydrogen-bond acceptors (Lipinski definition) is 5. The maximum Gasteiger partial charge on any atom is 0.419 e. The number of halogens is 6. The van der Waals surface area contributed by atoms with Gasteiger partial charge >= 0.3 is 12.4 Å². The van der Waals surface area contributed by atoms with Crippen molar-refractivity contribution in [3.8, 4) is 17.1 Å². The third kappa shape index (κ3) is 6.33. The van der Waals surface area contributed by atoms with Gasteiger partial charge in [0.2, 0.25) is 11.7 Å². The fraction of sp³-hybridized carbons (Fsp3) is 0.417. The van der Waals surface area contributed by atoms with Gasteiger partial charge in [0, 0.05) is 5.56 Å². The predicted octanol–water partition coefficient (Wildman–Crippen LogP) is 6.60. The predicted molar refractivity (Wildman–Crippen MR) is 115 cm³/mol. The van der Waals surface area contributed by atoms with E-state index < -0.39 is 23.5 Å². The molecule has 11 heteroatoms. The molecule has 1 saturated heterocycles. The summed E-state index contributed by atoms with van der Waals surface area (Å²) in [6.45, 7) is 0.847. The maximum atomic E-state index is 13.7. The molecule has 1 aromatic heterocycles. The first kappa shape index (κ1) is 25.0. The zero-order valence-corrected chi connectivity index (χ0v) is 18.5. The average Bonchev–Trinajstić information content (AvgIpc) is 3.50. The van der Waals surface area contributed by atoms with Crippen molar-refractivity contribution in [1.82, 2.24) is 15.5 Å². The van der Waals surface area contributed by atoms with Gasteiger partial charge in [-0.2, -0.15) is 31.3 Å². The monoisotopic (exact) mass is 499 g/mol. The zero-order chi connectivity index (χ0) is 25.1. The summed E-state index contributed by atoms with van der Waals surface area (Å²) in [5, 5.41) is 7.01. The Morgan fingerprint density at radius 3 is 2.40 bits per heavy atom. The fourth-order valence-electron chi connectivity index (χ4n) is 3.88. The van der Waals surface area contributed by atoms with Gasteiger partial charge < -0.3 is 14.6 Å². The Morgan fingerprint density at radius 2 is 1.74 bits per heavy atom. The van der Waals surface area contributed by atoms with E-state index in [4.69, 9.17) is 9.26 Å². The number of benzene rings is 2. The lowest BCUT2D eigenvalue weighted by atomic mass is 10.1. The van der Waals surface area contributed by atoms with Gasteiger partial charge in [-0.15, -0.1) is 0 Å². The zero-order valence-electron chi connectivity index (χ0n) is 18.5. The Labute approximate surface area is 197 Å². The van der Waals surface area contributed by atoms with E-state index in [1.165, 1.54) is 24.3 Å². The lowest BCUT2D eigenvalue weighted by Gasteiger charge is -2.15. The van der Waals surface area contributed by atoms with E-state index in [1.54, 1.807) is 0 Å². The van der Waals surface area contributed by atoms with Crippen molar-refractivity contribution < 1.29 is 35.6 Å². The molecule has 0 radical (unpaired) electrons. The molecule has 0 bridgehead atoms. The van der Waals surface area contributed by atoms with Crippen LogP contribution >= 0.6 is 0 Å². The minimum atomic E-state index is -4.65. The van der Waals surface area contributed by atoms with Crippen molar-refractivity contribution in [3.05, 3.63) is 65.0 Å². The Bertz CT molecular complexity index is 1120. The van der Waals surface area contributed by atoms with Crippen LogP contribution in [0.4, 0.5) is 26.3 Å². The molecule has 1 unspecified atom stereocenters. The third-order valence-corrected chi connectivity index (χ3v) is 5.74. The summed E-state index contributed by atoms with van der Waals surface area (Å²) in [7, 11) is 0. The molecule has 0 spiro atoms. The van der Waals surface area contributed by atoms with Crippen LogP contribution in [0.15, 0.2) is 47.0 Å². The minimum Gasteiger partial charge on any atom is -0.493 e. The van der Waals surface area contributed by atoms with Crippen LogP contribution < -0.4 is 10.1 Å². The van der Waals surface area contributed by atoms with Gasteiger partial charge in [-0.05, 0) is 74.5 Å². The van der Waals surface area contributed by atoms with Gasteiger partial charge in [0.1, 0.15) is 5.75 Å². The first-order valence-electron chi connectivity index (χ1n) is 11.2. The van der Waals surface area contributed by atoms with Gasteiger partial charge in [-0.3, -0.25) is 0 Å². The molecule has 2 aromatic carbocycles. The number of unbranched alkanes of at least 4 members (excludes halogenated alkanes) is 1. The Morgan fingerprint density at radius 1 is 0.971 bits per heavy atom. The van der Waals surface area contributed by atoms with Crippen molar-refractivity contribution in [2.45, 2.75) is 50.5 Å². The first-order chi connectivity index (χ1) is 16.6. The summed E-state index contributed by atoms with van der Waals surface area (Å²) in [4.78, 5) is 4.24. The van der Waals surface area contributed by atoms with Crippen LogP contribution in [-0.2, 0) is 18.8 Å². The average molecular weight is 499 g/mol. The van der Waals surface area contributed by atoms with Crippen LogP contribution in [0.25, 0.3) is 11.4 Å². The highest BCUT2D eigenvalue weighted by molar-refractivity contribution is 5.59. The van der Waals surface area contributed by atoms with Crippen LogP contribution in [0, 0.1) is 0 Å². The molecule has 1 aliphatic heterocycles. The number of nitrogens with zero attached hydrogens (tertiary/aromatic N) is 2. The van der Waals surface area contributed by atoms with Gasteiger partial charge in [0.15, 0.2) is 0 Å². The fourth-order valence-corrected chi connectivity index (χ4v) is 3.88. The lowest BCUT2D eigenvalue weighted by molar-refractivity contribution is -0.139. The molecule has 1 fully saturated rings. The van der Waals surface area contributed by atoms with E-state index in [0.717, 1.165) is 37.6 Å². The van der Waals surface area contributed by atoms with Crippen molar-refractivity contribution in [1.29, 1.82) is 0 Å². The van der Waals surface area contributed by atoms with Crippen molar-refractivity contribution in [2.24, 2.45) is 0 Å². The van der Waals surface area contributed by atoms with Crippen LogP contribution in [0.5, 0.6) is 5.75 Å². The SMILES string of the molecule is FC(F)(F)c1ccc(CCCCOc2ccc(-c3noc(C4CCCN4)n3)cc2C(F)(F)F)cc1. The van der Waals surface area contributed by atoms with Gasteiger partial charge in [-0.1, -0.05) is 17.3 Å². The number of ether oxygens (including phenoxy) is 1. The van der Waals surface area contributed by atoms with Crippen molar-refractivity contribution in [2.75, 3.05) is 13.2 Å². The molecule has 1 atom stereocenters. The Hall–Kier alpha value is -3.08. The highest BCUT2D eigenvalue weighted by atomic mass is 19.4. The number of aryl methyl sites for hydroxylation is 1. The third-order valence-electron chi connectivity index (χ3n) is 5.74. The van der Waals surface area contributed by atoms with E-state index in [-0.39, 0.29) is 29.8 Å². The molecule has 188 valence electrons. The summed E-state index contributed by atoms with van der Waals surface area (Å²) in [5.74, 6) is 0.110. The van der Waals surface area contributed by atoms with Gasteiger partial charge in [0.05, 0.1) is 23.8 Å². The first-order valence-corrected chi connectivity index (χ1v) is 11.2. The normalized spacial score (nSPS) is 16.6. The second-order valence-corrected chi connectivity index (χ2v) is 8.31. The van der Waals surface area contributed by atoms with E-state index >= 15 is 0 Å². The van der Waals surface area contributed by atoms with Gasteiger partial charge in [0.25, 0.3) is 0 Å². The van der Waals surface area contributed by atoms with Gasteiger partial charge in [-0.25, -0.2) is 0 Å². The van der Waals surface area contributed by atoms with Crippen LogP contribution in [-0.4, -0.2) is 23.3 Å². The second-order valence-electron chi connectivity index (χ2n) is 8.31. The number of nitrogens with one attached hydrogen (secondary N) is 1. The number of rotatable bonds is 8. The molecule has 5 nitrogen and oxygen atoms in total. The smallest absolute Gasteiger partial charge is 0.419 e. The van der Waals surface area contributed by atoms with Crippen LogP contribution in [0.1, 0.15) is 54.3 Å². The van der Waals surface area contributed by atoms with Crippen molar-refractivity contribution >= 4 is 0 Å². The highest BCUT2D eigenvalue weighted by Gasteiger charge is 2.35.